The van der Waals surface area contributed by atoms with E-state index >= 15 is 0 Å². The van der Waals surface area contributed by atoms with Gasteiger partial charge in [0.25, 0.3) is 5.56 Å². The second-order valence-electron chi connectivity index (χ2n) is 7.50. The Labute approximate surface area is 153 Å². The lowest BCUT2D eigenvalue weighted by Crippen LogP contribution is -2.38. The lowest BCUT2D eigenvalue weighted by molar-refractivity contribution is 0.00492. The predicted octanol–water partition coefficient (Wildman–Crippen LogP) is -0.245. The highest BCUT2D eigenvalue weighted by molar-refractivity contribution is 7.72. The average Bonchev–Trinajstić information content (AvgIpc) is 2.83. The number of aromatic amines is 1. The van der Waals surface area contributed by atoms with Crippen LogP contribution in [0, 0.1) is 0 Å². The van der Waals surface area contributed by atoms with Crippen molar-refractivity contribution in [3.63, 3.8) is 0 Å². The molecule has 1 aromatic rings. The van der Waals surface area contributed by atoms with E-state index in [1.54, 1.807) is 0 Å². The maximum atomic E-state index is 12.2. The number of ether oxygens (including phenoxy) is 1. The quantitative estimate of drug-likeness (QED) is 0.361. The summed E-state index contributed by atoms with van der Waals surface area (Å²) < 4.78 is 7.13. The van der Waals surface area contributed by atoms with Crippen LogP contribution in [0.4, 0.5) is 0 Å². The van der Waals surface area contributed by atoms with Gasteiger partial charge < -0.3 is 14.9 Å². The molecule has 1 saturated heterocycles. The van der Waals surface area contributed by atoms with Gasteiger partial charge in [-0.25, -0.2) is 4.79 Å². The van der Waals surface area contributed by atoms with Crippen molar-refractivity contribution in [2.24, 2.45) is 0 Å². The van der Waals surface area contributed by atoms with E-state index in [1.807, 2.05) is 6.92 Å². The van der Waals surface area contributed by atoms with Gasteiger partial charge in [0.05, 0.1) is 18.3 Å². The van der Waals surface area contributed by atoms with E-state index < -0.39 is 42.6 Å². The summed E-state index contributed by atoms with van der Waals surface area (Å²) in [6.07, 6.45) is 3.98. The van der Waals surface area contributed by atoms with E-state index in [9.17, 15) is 19.8 Å². The van der Waals surface area contributed by atoms with E-state index in [-0.39, 0.29) is 12.2 Å². The Morgan fingerprint density at radius 2 is 2.04 bits per heavy atom. The largest absolute Gasteiger partial charge is 0.388 e. The molecule has 1 aliphatic heterocycles. The topological polar surface area (TPSA) is 117 Å². The van der Waals surface area contributed by atoms with Gasteiger partial charge in [-0.1, -0.05) is 6.92 Å². The van der Waals surface area contributed by atoms with Gasteiger partial charge in [0.15, 0.2) is 0 Å². The molecule has 148 valence electrons. The molecule has 1 unspecified atom stereocenters. The van der Waals surface area contributed by atoms with E-state index in [0.717, 1.165) is 19.1 Å². The summed E-state index contributed by atoms with van der Waals surface area (Å²) in [5.74, 6) is 0. The van der Waals surface area contributed by atoms with Crippen LogP contribution in [0.1, 0.15) is 31.4 Å². The van der Waals surface area contributed by atoms with Crippen LogP contribution in [0.3, 0.4) is 0 Å². The Morgan fingerprint density at radius 3 is 2.65 bits per heavy atom. The molecule has 1 aromatic heterocycles. The van der Waals surface area contributed by atoms with Gasteiger partial charge in [0.1, 0.15) is 18.3 Å². The van der Waals surface area contributed by atoms with Crippen LogP contribution in [-0.2, 0) is 11.4 Å². The van der Waals surface area contributed by atoms with Gasteiger partial charge in [-0.05, 0) is 38.9 Å². The lowest BCUT2D eigenvalue weighted by Gasteiger charge is -2.18. The van der Waals surface area contributed by atoms with Crippen LogP contribution in [0.25, 0.3) is 0 Å². The van der Waals surface area contributed by atoms with Crippen LogP contribution < -0.4 is 16.6 Å². The maximum Gasteiger partial charge on any atom is 0.329 e. The Balaban J connectivity index is 2.21. The van der Waals surface area contributed by atoms with Crippen molar-refractivity contribution in [2.75, 3.05) is 26.0 Å². The van der Waals surface area contributed by atoms with Crippen LogP contribution in [0.5, 0.6) is 0 Å². The summed E-state index contributed by atoms with van der Waals surface area (Å²) in [6.45, 7) is 5.87. The monoisotopic (exact) mass is 387 g/mol. The summed E-state index contributed by atoms with van der Waals surface area (Å²) >= 11 is 0. The molecular formula is C17H30N3O5P. The van der Waals surface area contributed by atoms with Gasteiger partial charge in [-0.15, -0.1) is 13.2 Å². The first kappa shape index (κ1) is 21.1. The molecule has 0 amide bonds. The van der Waals surface area contributed by atoms with E-state index in [2.05, 4.69) is 29.9 Å². The molecule has 4 atom stereocenters. The highest BCUT2D eigenvalue weighted by Gasteiger charge is 2.44. The van der Waals surface area contributed by atoms with Crippen molar-refractivity contribution < 1.29 is 14.9 Å². The first-order chi connectivity index (χ1) is 12.1. The smallest absolute Gasteiger partial charge is 0.329 e. The molecule has 9 heteroatoms. The zero-order valence-corrected chi connectivity index (χ0v) is 16.5. The molecule has 0 bridgehead atoms. The van der Waals surface area contributed by atoms with Gasteiger partial charge in [-0.3, -0.25) is 19.7 Å². The SMILES string of the molecule is C=P(C)(C)CCC1O[C@@H](c2cn(CNCCC)c(=O)[nH]c2=O)[C@H](O)[C@@H]1O. The molecule has 26 heavy (non-hydrogen) atoms. The van der Waals surface area contributed by atoms with Crippen LogP contribution in [-0.4, -0.2) is 70.4 Å². The van der Waals surface area contributed by atoms with Gasteiger partial charge in [-0.2, -0.15) is 0 Å². The number of aromatic nitrogens is 2. The minimum Gasteiger partial charge on any atom is -0.388 e. The highest BCUT2D eigenvalue weighted by Crippen LogP contribution is 2.40. The van der Waals surface area contributed by atoms with Crippen molar-refractivity contribution in [1.82, 2.24) is 14.9 Å². The van der Waals surface area contributed by atoms with Crippen LogP contribution in [0.2, 0.25) is 0 Å². The fourth-order valence-corrected chi connectivity index (χ4v) is 3.90. The molecule has 1 aliphatic rings. The highest BCUT2D eigenvalue weighted by atomic mass is 31.2. The number of rotatable bonds is 8. The maximum absolute atomic E-state index is 12.2. The Bertz CT molecular complexity index is 768. The number of aliphatic hydroxyl groups is 2. The second kappa shape index (κ2) is 8.67. The lowest BCUT2D eigenvalue weighted by atomic mass is 10.0. The zero-order chi connectivity index (χ0) is 19.5. The summed E-state index contributed by atoms with van der Waals surface area (Å²) in [6, 6.07) is 0. The molecule has 1 fully saturated rings. The fraction of sp³-hybridized carbons (Fsp3) is 0.706. The van der Waals surface area contributed by atoms with Crippen molar-refractivity contribution in [2.45, 2.75) is 50.8 Å². The number of aliphatic hydroxyl groups excluding tert-OH is 2. The summed E-state index contributed by atoms with van der Waals surface area (Å²) in [7, 11) is 0. The molecule has 0 spiro atoms. The van der Waals surface area contributed by atoms with Crippen molar-refractivity contribution >= 4 is 13.2 Å². The third kappa shape index (κ3) is 5.18. The third-order valence-corrected chi connectivity index (χ3v) is 5.90. The minimum atomic E-state index is -1.29. The normalized spacial score (nSPS) is 26.3. The number of hydrogen-bond acceptors (Lipinski definition) is 6. The predicted molar refractivity (Wildman–Crippen MR) is 105 cm³/mol. The number of hydrogen-bond donors (Lipinski definition) is 4. The standard InChI is InChI=1S/C17H30N3O5P/c1-5-7-18-10-20-9-11(16(23)19-17(20)24)15-14(22)13(21)12(25-15)6-8-26(2,3)4/h9,12-15,18,21-22H,2,5-8,10H2,1,3-4H3,(H,19,23,24)/t12?,13-,14-,15+/m1/s1. The zero-order valence-electron chi connectivity index (χ0n) is 15.6. The molecular weight excluding hydrogens is 357 g/mol. The molecule has 8 nitrogen and oxygen atoms in total. The number of H-pyrrole nitrogens is 1. The molecule has 0 radical (unpaired) electrons. The molecule has 2 rings (SSSR count). The second-order valence-corrected chi connectivity index (χ2v) is 11.8. The molecule has 0 saturated carbocycles. The van der Waals surface area contributed by atoms with Crippen LogP contribution >= 0.6 is 6.89 Å². The minimum absolute atomic E-state index is 0.139. The summed E-state index contributed by atoms with van der Waals surface area (Å²) in [4.78, 5) is 26.4. The van der Waals surface area contributed by atoms with Gasteiger partial charge >= 0.3 is 5.69 Å². The van der Waals surface area contributed by atoms with Crippen molar-refractivity contribution in [3.05, 3.63) is 32.6 Å². The summed E-state index contributed by atoms with van der Waals surface area (Å²) in [5.41, 5.74) is -1.00. The summed E-state index contributed by atoms with van der Waals surface area (Å²) in [5, 5.41) is 23.8. The number of nitrogens with zero attached hydrogens (tertiary/aromatic N) is 1. The Hall–Kier alpha value is -1.18. The van der Waals surface area contributed by atoms with Crippen LogP contribution in [0.15, 0.2) is 15.8 Å². The first-order valence-corrected chi connectivity index (χ1v) is 11.9. The average molecular weight is 387 g/mol. The molecule has 0 aliphatic carbocycles. The third-order valence-electron chi connectivity index (χ3n) is 4.44. The molecule has 4 N–H and O–H groups in total. The Morgan fingerprint density at radius 1 is 1.35 bits per heavy atom. The number of nitrogens with one attached hydrogen (secondary N) is 2. The van der Waals surface area contributed by atoms with Gasteiger partial charge in [0.2, 0.25) is 0 Å². The molecule has 0 aromatic carbocycles. The van der Waals surface area contributed by atoms with E-state index in [4.69, 9.17) is 4.74 Å². The van der Waals surface area contributed by atoms with E-state index in [0.29, 0.717) is 6.42 Å². The Kier molecular flexibility index (Phi) is 7.05. The fourth-order valence-electron chi connectivity index (χ4n) is 2.94. The van der Waals surface area contributed by atoms with Crippen molar-refractivity contribution in [1.29, 1.82) is 0 Å². The van der Waals surface area contributed by atoms with Crippen molar-refractivity contribution in [3.8, 4) is 0 Å². The van der Waals surface area contributed by atoms with Gasteiger partial charge in [0, 0.05) is 6.20 Å². The first-order valence-electron chi connectivity index (χ1n) is 8.87. The molecule has 2 heterocycles. The van der Waals surface area contributed by atoms with E-state index in [1.165, 1.54) is 10.8 Å².